The van der Waals surface area contributed by atoms with Gasteiger partial charge in [0.05, 0.1) is 14.2 Å². The lowest BCUT2D eigenvalue weighted by Gasteiger charge is -2.24. The molecule has 20 heavy (non-hydrogen) atoms. The van der Waals surface area contributed by atoms with Crippen LogP contribution < -0.4 is 20.1 Å². The van der Waals surface area contributed by atoms with Crippen molar-refractivity contribution in [3.63, 3.8) is 0 Å². The van der Waals surface area contributed by atoms with Gasteiger partial charge in [0.25, 0.3) is 0 Å². The maximum absolute atomic E-state index is 11.1. The molecule has 1 amide bonds. The highest BCUT2D eigenvalue weighted by Gasteiger charge is 2.18. The van der Waals surface area contributed by atoms with Crippen LogP contribution in [-0.2, 0) is 11.3 Å². The normalized spacial score (nSPS) is 18.6. The number of hydrogen-bond donors (Lipinski definition) is 2. The van der Waals surface area contributed by atoms with Crippen LogP contribution >= 0.6 is 15.9 Å². The van der Waals surface area contributed by atoms with Crippen molar-refractivity contribution in [3.05, 3.63) is 22.2 Å². The van der Waals surface area contributed by atoms with E-state index in [4.69, 9.17) is 9.47 Å². The van der Waals surface area contributed by atoms with Crippen LogP contribution in [-0.4, -0.2) is 32.7 Å². The van der Waals surface area contributed by atoms with E-state index in [2.05, 4.69) is 26.6 Å². The van der Waals surface area contributed by atoms with Crippen LogP contribution in [0.4, 0.5) is 0 Å². The molecule has 0 radical (unpaired) electrons. The summed E-state index contributed by atoms with van der Waals surface area (Å²) in [6.07, 6.45) is 1.46. The summed E-state index contributed by atoms with van der Waals surface area (Å²) < 4.78 is 11.5. The molecule has 2 rings (SSSR count). The lowest BCUT2D eigenvalue weighted by molar-refractivity contribution is -0.122. The van der Waals surface area contributed by atoms with Crippen LogP contribution in [0.5, 0.6) is 11.5 Å². The minimum atomic E-state index is 0.135. The minimum Gasteiger partial charge on any atom is -0.493 e. The van der Waals surface area contributed by atoms with E-state index in [-0.39, 0.29) is 5.91 Å². The van der Waals surface area contributed by atoms with Gasteiger partial charge in [-0.1, -0.05) is 15.9 Å². The van der Waals surface area contributed by atoms with Crippen molar-refractivity contribution < 1.29 is 14.3 Å². The molecule has 5 nitrogen and oxygen atoms in total. The van der Waals surface area contributed by atoms with Gasteiger partial charge < -0.3 is 20.1 Å². The first-order chi connectivity index (χ1) is 9.63. The maximum Gasteiger partial charge on any atom is 0.220 e. The third-order valence-corrected chi connectivity index (χ3v) is 4.14. The molecule has 1 aliphatic heterocycles. The number of piperidine rings is 1. The highest BCUT2D eigenvalue weighted by Crippen LogP contribution is 2.33. The molecule has 1 atom stereocenters. The second-order valence-corrected chi connectivity index (χ2v) is 5.57. The molecular weight excluding hydrogens is 324 g/mol. The zero-order valence-corrected chi connectivity index (χ0v) is 13.2. The lowest BCUT2D eigenvalue weighted by Crippen LogP contribution is -2.45. The molecule has 110 valence electrons. The van der Waals surface area contributed by atoms with Gasteiger partial charge in [0.15, 0.2) is 11.5 Å². The zero-order chi connectivity index (χ0) is 14.5. The SMILES string of the molecule is COc1cc(Br)c(CNC2CCC(=O)NC2)cc1OC. The van der Waals surface area contributed by atoms with Crippen molar-refractivity contribution in [2.75, 3.05) is 20.8 Å². The molecular formula is C14H19BrN2O3. The summed E-state index contributed by atoms with van der Waals surface area (Å²) in [4.78, 5) is 11.1. The predicted molar refractivity (Wildman–Crippen MR) is 80.1 cm³/mol. The number of methoxy groups -OCH3 is 2. The van der Waals surface area contributed by atoms with Crippen molar-refractivity contribution in [2.24, 2.45) is 0 Å². The third-order valence-electron chi connectivity index (χ3n) is 3.40. The van der Waals surface area contributed by atoms with Crippen LogP contribution in [0.25, 0.3) is 0 Å². The number of halogens is 1. The van der Waals surface area contributed by atoms with Crippen LogP contribution in [0.1, 0.15) is 18.4 Å². The van der Waals surface area contributed by atoms with Gasteiger partial charge in [0, 0.05) is 30.0 Å². The van der Waals surface area contributed by atoms with Crippen molar-refractivity contribution >= 4 is 21.8 Å². The van der Waals surface area contributed by atoms with E-state index in [0.29, 0.717) is 37.1 Å². The largest absolute Gasteiger partial charge is 0.493 e. The molecule has 6 heteroatoms. The number of hydrogen-bond acceptors (Lipinski definition) is 4. The van der Waals surface area contributed by atoms with E-state index < -0.39 is 0 Å². The Hall–Kier alpha value is -1.27. The maximum atomic E-state index is 11.1. The van der Waals surface area contributed by atoms with Crippen LogP contribution in [0, 0.1) is 0 Å². The number of rotatable bonds is 5. The predicted octanol–water partition coefficient (Wildman–Crippen LogP) is 1.83. The van der Waals surface area contributed by atoms with Crippen molar-refractivity contribution in [2.45, 2.75) is 25.4 Å². The van der Waals surface area contributed by atoms with Gasteiger partial charge in [-0.2, -0.15) is 0 Å². The Morgan fingerprint density at radius 2 is 2.05 bits per heavy atom. The second-order valence-electron chi connectivity index (χ2n) is 4.72. The monoisotopic (exact) mass is 342 g/mol. The summed E-state index contributed by atoms with van der Waals surface area (Å²) in [6.45, 7) is 1.39. The molecule has 1 aromatic rings. The Balaban J connectivity index is 2.00. The molecule has 1 heterocycles. The Morgan fingerprint density at radius 1 is 1.35 bits per heavy atom. The van der Waals surface area contributed by atoms with Crippen molar-refractivity contribution in [1.82, 2.24) is 10.6 Å². The first-order valence-corrected chi connectivity index (χ1v) is 7.33. The standard InChI is InChI=1S/C14H19BrN2O3/c1-19-12-5-9(11(15)6-13(12)20-2)7-16-10-3-4-14(18)17-8-10/h5-6,10,16H,3-4,7-8H2,1-2H3,(H,17,18). The Bertz CT molecular complexity index is 484. The third kappa shape index (κ3) is 3.64. The number of amides is 1. The average Bonchev–Trinajstić information content (AvgIpc) is 2.47. The summed E-state index contributed by atoms with van der Waals surface area (Å²) in [6, 6.07) is 4.17. The molecule has 1 saturated heterocycles. The molecule has 2 N–H and O–H groups in total. The Labute approximate surface area is 127 Å². The van der Waals surface area contributed by atoms with Gasteiger partial charge >= 0.3 is 0 Å². The number of carbonyl (C=O) groups is 1. The molecule has 1 unspecified atom stereocenters. The number of carbonyl (C=O) groups excluding carboxylic acids is 1. The first kappa shape index (κ1) is 15.1. The van der Waals surface area contributed by atoms with E-state index in [1.54, 1.807) is 14.2 Å². The number of benzene rings is 1. The van der Waals surface area contributed by atoms with Gasteiger partial charge in [-0.3, -0.25) is 4.79 Å². The van der Waals surface area contributed by atoms with E-state index in [1.165, 1.54) is 0 Å². The van der Waals surface area contributed by atoms with Gasteiger partial charge in [0.2, 0.25) is 5.91 Å². The fourth-order valence-electron chi connectivity index (χ4n) is 2.19. The smallest absolute Gasteiger partial charge is 0.220 e. The fraction of sp³-hybridized carbons (Fsp3) is 0.500. The highest BCUT2D eigenvalue weighted by molar-refractivity contribution is 9.10. The molecule has 0 spiro atoms. The van der Waals surface area contributed by atoms with E-state index in [0.717, 1.165) is 16.5 Å². The van der Waals surface area contributed by atoms with E-state index in [1.807, 2.05) is 12.1 Å². The van der Waals surface area contributed by atoms with Crippen LogP contribution in [0.15, 0.2) is 16.6 Å². The number of ether oxygens (including phenoxy) is 2. The van der Waals surface area contributed by atoms with Gasteiger partial charge in [-0.25, -0.2) is 0 Å². The van der Waals surface area contributed by atoms with Crippen molar-refractivity contribution in [3.8, 4) is 11.5 Å². The lowest BCUT2D eigenvalue weighted by atomic mass is 10.1. The molecule has 1 aromatic carbocycles. The summed E-state index contributed by atoms with van der Waals surface area (Å²) in [5.74, 6) is 1.55. The zero-order valence-electron chi connectivity index (χ0n) is 11.7. The van der Waals surface area contributed by atoms with Gasteiger partial charge in [0.1, 0.15) is 0 Å². The van der Waals surface area contributed by atoms with Crippen LogP contribution in [0.3, 0.4) is 0 Å². The summed E-state index contributed by atoms with van der Waals surface area (Å²) >= 11 is 3.54. The Morgan fingerprint density at radius 3 is 2.65 bits per heavy atom. The summed E-state index contributed by atoms with van der Waals surface area (Å²) in [5.41, 5.74) is 1.10. The molecule has 0 aromatic heterocycles. The summed E-state index contributed by atoms with van der Waals surface area (Å²) in [5, 5.41) is 6.31. The molecule has 1 aliphatic rings. The topological polar surface area (TPSA) is 59.6 Å². The van der Waals surface area contributed by atoms with Gasteiger partial charge in [-0.05, 0) is 24.1 Å². The van der Waals surface area contributed by atoms with Crippen molar-refractivity contribution in [1.29, 1.82) is 0 Å². The molecule has 1 fully saturated rings. The quantitative estimate of drug-likeness (QED) is 0.857. The van der Waals surface area contributed by atoms with E-state index >= 15 is 0 Å². The molecule has 0 saturated carbocycles. The van der Waals surface area contributed by atoms with E-state index in [9.17, 15) is 4.79 Å². The highest BCUT2D eigenvalue weighted by atomic mass is 79.9. The van der Waals surface area contributed by atoms with Gasteiger partial charge in [-0.15, -0.1) is 0 Å². The Kier molecular flexibility index (Phi) is 5.25. The summed E-state index contributed by atoms with van der Waals surface area (Å²) in [7, 11) is 3.24. The second kappa shape index (κ2) is 6.95. The average molecular weight is 343 g/mol. The fourth-order valence-corrected chi connectivity index (χ4v) is 2.66. The minimum absolute atomic E-state index is 0.135. The molecule has 0 aliphatic carbocycles. The first-order valence-electron chi connectivity index (χ1n) is 6.54. The van der Waals surface area contributed by atoms with Crippen LogP contribution in [0.2, 0.25) is 0 Å². The number of nitrogens with one attached hydrogen (secondary N) is 2. The molecule has 0 bridgehead atoms.